The number of hydrogen-bond donors (Lipinski definition) is 0. The maximum absolute atomic E-state index is 13.6. The second kappa shape index (κ2) is 15.4. The van der Waals surface area contributed by atoms with Crippen LogP contribution in [0.5, 0.6) is 0 Å². The molecular weight excluding hydrogens is 474 g/mol. The quantitative estimate of drug-likeness (QED) is 0.313. The number of rotatable bonds is 15. The number of aryl methyl sites for hydroxylation is 1. The van der Waals surface area contributed by atoms with Gasteiger partial charge in [-0.2, -0.15) is 4.31 Å². The fourth-order valence-electron chi connectivity index (χ4n) is 4.85. The van der Waals surface area contributed by atoms with E-state index >= 15 is 0 Å². The second-order valence-electron chi connectivity index (χ2n) is 9.96. The Morgan fingerprint density at radius 2 is 1.64 bits per heavy atom. The number of piperidine rings is 1. The molecule has 0 saturated carbocycles. The zero-order valence-electron chi connectivity index (χ0n) is 22.9. The maximum atomic E-state index is 13.6. The molecule has 1 aliphatic heterocycles. The van der Waals surface area contributed by atoms with E-state index in [0.717, 1.165) is 24.0 Å². The lowest BCUT2D eigenvalue weighted by molar-refractivity contribution is -0.137. The van der Waals surface area contributed by atoms with Gasteiger partial charge in [0, 0.05) is 38.6 Å². The number of hydrogen-bond acceptors (Lipinski definition) is 4. The Bertz CT molecular complexity index is 926. The number of carbonyl (C=O) groups excluding carboxylic acids is 2. The molecule has 0 unspecified atom stereocenters. The Morgan fingerprint density at radius 1 is 0.972 bits per heavy atom. The molecule has 7 nitrogen and oxygen atoms in total. The van der Waals surface area contributed by atoms with Gasteiger partial charge in [-0.05, 0) is 50.7 Å². The van der Waals surface area contributed by atoms with Crippen molar-refractivity contribution in [2.24, 2.45) is 0 Å². The van der Waals surface area contributed by atoms with Gasteiger partial charge in [-0.25, -0.2) is 8.42 Å². The first-order chi connectivity index (χ1) is 17.2. The Labute approximate surface area is 219 Å². The first-order valence-electron chi connectivity index (χ1n) is 13.8. The number of sulfonamides is 1. The van der Waals surface area contributed by atoms with Crippen molar-refractivity contribution in [3.05, 3.63) is 35.4 Å². The predicted molar refractivity (Wildman–Crippen MR) is 146 cm³/mol. The highest BCUT2D eigenvalue weighted by Gasteiger charge is 2.32. The van der Waals surface area contributed by atoms with Crippen molar-refractivity contribution in [1.82, 2.24) is 14.1 Å². The molecule has 1 aliphatic rings. The fourth-order valence-corrected chi connectivity index (χ4v) is 5.98. The number of amides is 2. The molecule has 0 radical (unpaired) electrons. The monoisotopic (exact) mass is 521 g/mol. The zero-order chi connectivity index (χ0) is 26.6. The molecule has 0 atom stereocenters. The maximum Gasteiger partial charge on any atom is 0.238 e. The highest BCUT2D eigenvalue weighted by atomic mass is 32.2. The normalized spacial score (nSPS) is 14.9. The summed E-state index contributed by atoms with van der Waals surface area (Å²) in [5, 5.41) is 0. The van der Waals surface area contributed by atoms with E-state index in [1.165, 1.54) is 23.6 Å². The lowest BCUT2D eigenvalue weighted by Gasteiger charge is -2.39. The van der Waals surface area contributed by atoms with Crippen molar-refractivity contribution >= 4 is 21.8 Å². The summed E-state index contributed by atoms with van der Waals surface area (Å²) in [6.45, 7) is 9.70. The van der Waals surface area contributed by atoms with Crippen LogP contribution in [0.15, 0.2) is 24.3 Å². The lowest BCUT2D eigenvalue weighted by atomic mass is 10.00. The third-order valence-electron chi connectivity index (χ3n) is 7.22. The van der Waals surface area contributed by atoms with Gasteiger partial charge in [0.15, 0.2) is 0 Å². The topological polar surface area (TPSA) is 78.0 Å². The molecule has 0 N–H and O–H groups in total. The van der Waals surface area contributed by atoms with Gasteiger partial charge in [0.25, 0.3) is 0 Å². The predicted octanol–water partition coefficient (Wildman–Crippen LogP) is 4.74. The lowest BCUT2D eigenvalue weighted by Crippen LogP contribution is -2.51. The summed E-state index contributed by atoms with van der Waals surface area (Å²) in [6, 6.07) is 7.99. The average molecular weight is 522 g/mol. The smallest absolute Gasteiger partial charge is 0.238 e. The van der Waals surface area contributed by atoms with Gasteiger partial charge in [0.2, 0.25) is 21.8 Å². The summed E-state index contributed by atoms with van der Waals surface area (Å²) < 4.78 is 26.6. The van der Waals surface area contributed by atoms with Crippen molar-refractivity contribution in [1.29, 1.82) is 0 Å². The van der Waals surface area contributed by atoms with Gasteiger partial charge in [-0.3, -0.25) is 9.59 Å². The number of unbranched alkanes of at least 4 members (excludes halogenated alkanes) is 4. The van der Waals surface area contributed by atoms with Crippen LogP contribution in [0.4, 0.5) is 0 Å². The van der Waals surface area contributed by atoms with Gasteiger partial charge >= 0.3 is 0 Å². The van der Waals surface area contributed by atoms with E-state index in [4.69, 9.17) is 0 Å². The third-order valence-corrected chi connectivity index (χ3v) is 9.05. The largest absolute Gasteiger partial charge is 0.343 e. The minimum atomic E-state index is -3.46. The molecule has 1 heterocycles. The third kappa shape index (κ3) is 9.18. The van der Waals surface area contributed by atoms with E-state index in [9.17, 15) is 18.0 Å². The Balaban J connectivity index is 2.09. The van der Waals surface area contributed by atoms with E-state index in [1.54, 1.807) is 6.92 Å². The standard InChI is InChI=1S/C28H47N3O4S/c1-5-8-9-10-11-16-27(32)29-20-17-26(18-21-29)31(22-25-15-13-12-14-24(25)4)28(33)23-30(19-6-2)36(34,35)7-3/h12-15,26H,5-11,16-23H2,1-4H3. The molecule has 0 aliphatic carbocycles. The molecule has 1 aromatic carbocycles. The summed E-state index contributed by atoms with van der Waals surface area (Å²) in [4.78, 5) is 30.1. The molecule has 0 bridgehead atoms. The van der Waals surface area contributed by atoms with Crippen LogP contribution in [0.25, 0.3) is 0 Å². The molecule has 8 heteroatoms. The minimum Gasteiger partial charge on any atom is -0.343 e. The van der Waals surface area contributed by atoms with Crippen molar-refractivity contribution in [2.45, 2.75) is 98.1 Å². The van der Waals surface area contributed by atoms with Crippen molar-refractivity contribution in [2.75, 3.05) is 31.9 Å². The van der Waals surface area contributed by atoms with Crippen LogP contribution in [0.2, 0.25) is 0 Å². The van der Waals surface area contributed by atoms with E-state index in [0.29, 0.717) is 51.9 Å². The number of benzene rings is 1. The van der Waals surface area contributed by atoms with Crippen LogP contribution >= 0.6 is 0 Å². The van der Waals surface area contributed by atoms with Crippen molar-refractivity contribution in [3.63, 3.8) is 0 Å². The number of carbonyl (C=O) groups is 2. The SMILES string of the molecule is CCCCCCCC(=O)N1CCC(N(Cc2ccccc2C)C(=O)CN(CCC)S(=O)(=O)CC)CC1. The first-order valence-corrected chi connectivity index (χ1v) is 15.4. The molecule has 2 amide bonds. The molecule has 1 aromatic rings. The molecule has 0 spiro atoms. The van der Waals surface area contributed by atoms with Gasteiger partial charge in [0.05, 0.1) is 12.3 Å². The van der Waals surface area contributed by atoms with Crippen LogP contribution in [0, 0.1) is 6.92 Å². The zero-order valence-corrected chi connectivity index (χ0v) is 23.7. The van der Waals surface area contributed by atoms with Crippen LogP contribution < -0.4 is 0 Å². The van der Waals surface area contributed by atoms with Crippen LogP contribution in [-0.4, -0.2) is 72.3 Å². The van der Waals surface area contributed by atoms with Crippen LogP contribution in [0.3, 0.4) is 0 Å². The number of likely N-dealkylation sites (tertiary alicyclic amines) is 1. The summed E-state index contributed by atoms with van der Waals surface area (Å²) >= 11 is 0. The van der Waals surface area contributed by atoms with Gasteiger partial charge in [-0.15, -0.1) is 0 Å². The molecule has 204 valence electrons. The molecule has 2 rings (SSSR count). The summed E-state index contributed by atoms with van der Waals surface area (Å²) in [6.07, 6.45) is 8.33. The van der Waals surface area contributed by atoms with Gasteiger partial charge < -0.3 is 9.80 Å². The van der Waals surface area contributed by atoms with Crippen molar-refractivity contribution < 1.29 is 18.0 Å². The Morgan fingerprint density at radius 3 is 2.25 bits per heavy atom. The fraction of sp³-hybridized carbons (Fsp3) is 0.714. The van der Waals surface area contributed by atoms with E-state index in [1.807, 2.05) is 47.9 Å². The highest BCUT2D eigenvalue weighted by Crippen LogP contribution is 2.22. The summed E-state index contributed by atoms with van der Waals surface area (Å²) in [5.74, 6) is 0.0334. The van der Waals surface area contributed by atoms with Gasteiger partial charge in [0.1, 0.15) is 0 Å². The summed E-state index contributed by atoms with van der Waals surface area (Å²) in [7, 11) is -3.46. The van der Waals surface area contributed by atoms with E-state index in [2.05, 4.69) is 6.92 Å². The molecule has 1 fully saturated rings. The van der Waals surface area contributed by atoms with Crippen LogP contribution in [-0.2, 0) is 26.2 Å². The number of nitrogens with zero attached hydrogens (tertiary/aromatic N) is 3. The van der Waals surface area contributed by atoms with Crippen molar-refractivity contribution in [3.8, 4) is 0 Å². The molecule has 36 heavy (non-hydrogen) atoms. The molecular formula is C28H47N3O4S. The first kappa shape index (κ1) is 30.3. The van der Waals surface area contributed by atoms with E-state index in [-0.39, 0.29) is 30.2 Å². The van der Waals surface area contributed by atoms with E-state index < -0.39 is 10.0 Å². The Kier molecular flexibility index (Phi) is 12.9. The van der Waals surface area contributed by atoms with Crippen LogP contribution in [0.1, 0.15) is 89.7 Å². The highest BCUT2D eigenvalue weighted by molar-refractivity contribution is 7.89. The second-order valence-corrected chi connectivity index (χ2v) is 12.2. The molecule has 0 aromatic heterocycles. The average Bonchev–Trinajstić information content (AvgIpc) is 2.87. The Hall–Kier alpha value is -1.93. The summed E-state index contributed by atoms with van der Waals surface area (Å²) in [5.41, 5.74) is 2.18. The minimum absolute atomic E-state index is 0.0153. The van der Waals surface area contributed by atoms with Gasteiger partial charge in [-0.1, -0.05) is 63.8 Å². The molecule has 1 saturated heterocycles.